The monoisotopic (exact) mass is 354 g/mol. The van der Waals surface area contributed by atoms with Crippen molar-refractivity contribution in [2.45, 2.75) is 26.8 Å². The number of hydrogen-bond acceptors (Lipinski definition) is 3. The molecule has 130 valence electrons. The van der Waals surface area contributed by atoms with E-state index >= 15 is 0 Å². The molecule has 0 aliphatic heterocycles. The van der Waals surface area contributed by atoms with Crippen molar-refractivity contribution >= 4 is 33.1 Å². The van der Waals surface area contributed by atoms with Crippen LogP contribution in [0.3, 0.4) is 0 Å². The van der Waals surface area contributed by atoms with Gasteiger partial charge >= 0.3 is 0 Å². The summed E-state index contributed by atoms with van der Waals surface area (Å²) in [5.41, 5.74) is 4.20. The number of thiazole rings is 1. The summed E-state index contributed by atoms with van der Waals surface area (Å²) in [6.45, 7) is 6.60. The summed E-state index contributed by atoms with van der Waals surface area (Å²) in [5, 5.41) is 4.09. The molecule has 1 unspecified atom stereocenters. The van der Waals surface area contributed by atoms with Gasteiger partial charge < -0.3 is 10.2 Å². The van der Waals surface area contributed by atoms with E-state index in [4.69, 9.17) is 4.98 Å². The van der Waals surface area contributed by atoms with E-state index in [0.29, 0.717) is 6.54 Å². The van der Waals surface area contributed by atoms with Gasteiger partial charge in [0, 0.05) is 5.69 Å². The van der Waals surface area contributed by atoms with Gasteiger partial charge in [-0.05, 0) is 44.5 Å². The van der Waals surface area contributed by atoms with E-state index in [1.807, 2.05) is 44.3 Å². The molecule has 2 N–H and O–H groups in total. The average Bonchev–Trinajstić information content (AvgIpc) is 3.00. The number of aryl methyl sites for hydroxylation is 2. The smallest absolute Gasteiger partial charge is 0.279 e. The highest BCUT2D eigenvalue weighted by atomic mass is 32.1. The number of para-hydroxylation sites is 1. The quantitative estimate of drug-likeness (QED) is 0.739. The van der Waals surface area contributed by atoms with Crippen molar-refractivity contribution < 1.29 is 9.69 Å². The van der Waals surface area contributed by atoms with Gasteiger partial charge in [-0.25, -0.2) is 4.98 Å². The van der Waals surface area contributed by atoms with Crippen molar-refractivity contribution in [3.8, 4) is 0 Å². The van der Waals surface area contributed by atoms with E-state index in [0.717, 1.165) is 26.7 Å². The standard InChI is InChI=1S/C20H23N3OS/c1-13-9-10-16(14(2)11-13)21-19(24)12-23(4)15(3)20-22-17-7-5-6-8-18(17)25-20/h5-11,15H,12H2,1-4H3,(H,21,24)/p+1/t15-/m0/s1. The molecule has 3 aromatic rings. The number of hydrogen-bond donors (Lipinski definition) is 2. The summed E-state index contributed by atoms with van der Waals surface area (Å²) < 4.78 is 1.19. The Morgan fingerprint density at radius 2 is 2.00 bits per heavy atom. The molecule has 1 aromatic heterocycles. The number of amides is 1. The van der Waals surface area contributed by atoms with Gasteiger partial charge in [-0.1, -0.05) is 29.8 Å². The third kappa shape index (κ3) is 4.06. The minimum Gasteiger partial charge on any atom is -0.322 e. The molecule has 2 aromatic carbocycles. The molecule has 0 radical (unpaired) electrons. The Balaban J connectivity index is 1.66. The molecular weight excluding hydrogens is 330 g/mol. The van der Waals surface area contributed by atoms with E-state index in [-0.39, 0.29) is 11.9 Å². The Labute approximate surface area is 152 Å². The van der Waals surface area contributed by atoms with Crippen molar-refractivity contribution in [1.29, 1.82) is 0 Å². The number of nitrogens with zero attached hydrogens (tertiary/aromatic N) is 1. The topological polar surface area (TPSA) is 46.4 Å². The molecule has 1 amide bonds. The third-order valence-electron chi connectivity index (χ3n) is 4.52. The maximum atomic E-state index is 12.4. The minimum atomic E-state index is 0.0254. The van der Waals surface area contributed by atoms with Crippen molar-refractivity contribution in [2.24, 2.45) is 0 Å². The molecule has 0 saturated carbocycles. The molecular formula is C20H24N3OS+. The van der Waals surface area contributed by atoms with E-state index < -0.39 is 0 Å². The molecule has 5 heteroatoms. The number of benzene rings is 2. The maximum Gasteiger partial charge on any atom is 0.279 e. The largest absolute Gasteiger partial charge is 0.322 e. The fourth-order valence-corrected chi connectivity index (χ4v) is 3.95. The summed E-state index contributed by atoms with van der Waals surface area (Å²) in [4.78, 5) is 18.3. The lowest BCUT2D eigenvalue weighted by Gasteiger charge is -2.19. The predicted molar refractivity (Wildman–Crippen MR) is 104 cm³/mol. The van der Waals surface area contributed by atoms with E-state index in [2.05, 4.69) is 31.3 Å². The van der Waals surface area contributed by atoms with E-state index in [9.17, 15) is 4.79 Å². The number of fused-ring (bicyclic) bond motifs is 1. The van der Waals surface area contributed by atoms with Crippen LogP contribution in [0.1, 0.15) is 29.1 Å². The molecule has 2 atom stereocenters. The molecule has 0 aliphatic carbocycles. The number of nitrogens with one attached hydrogen (secondary N) is 2. The second kappa shape index (κ2) is 7.33. The fourth-order valence-electron chi connectivity index (χ4n) is 2.84. The Hall–Kier alpha value is -2.24. The van der Waals surface area contributed by atoms with Gasteiger partial charge in [0.1, 0.15) is 6.04 Å². The van der Waals surface area contributed by atoms with E-state index in [1.54, 1.807) is 11.3 Å². The minimum absolute atomic E-state index is 0.0254. The van der Waals surface area contributed by atoms with Gasteiger partial charge in [-0.3, -0.25) is 4.79 Å². The molecule has 3 rings (SSSR count). The Morgan fingerprint density at radius 1 is 1.24 bits per heavy atom. The number of rotatable bonds is 5. The highest BCUT2D eigenvalue weighted by Crippen LogP contribution is 2.24. The average molecular weight is 354 g/mol. The highest BCUT2D eigenvalue weighted by molar-refractivity contribution is 7.18. The molecule has 1 heterocycles. The van der Waals surface area contributed by atoms with Gasteiger partial charge in [0.05, 0.1) is 17.3 Å². The van der Waals surface area contributed by atoms with Gasteiger partial charge in [-0.2, -0.15) is 0 Å². The van der Waals surface area contributed by atoms with Crippen LogP contribution in [0.4, 0.5) is 5.69 Å². The van der Waals surface area contributed by atoms with Crippen LogP contribution in [-0.4, -0.2) is 24.5 Å². The van der Waals surface area contributed by atoms with Gasteiger partial charge in [0.2, 0.25) is 0 Å². The number of likely N-dealkylation sites (N-methyl/N-ethyl adjacent to an activating group) is 1. The maximum absolute atomic E-state index is 12.4. The zero-order valence-corrected chi connectivity index (χ0v) is 15.9. The van der Waals surface area contributed by atoms with E-state index in [1.165, 1.54) is 10.3 Å². The third-order valence-corrected chi connectivity index (χ3v) is 5.73. The number of quaternary nitrogens is 1. The number of aromatic nitrogens is 1. The molecule has 0 saturated heterocycles. The lowest BCUT2D eigenvalue weighted by Crippen LogP contribution is -3.10. The highest BCUT2D eigenvalue weighted by Gasteiger charge is 2.22. The zero-order chi connectivity index (χ0) is 18.0. The van der Waals surface area contributed by atoms with Crippen molar-refractivity contribution in [3.05, 3.63) is 58.6 Å². The van der Waals surface area contributed by atoms with Gasteiger partial charge in [0.15, 0.2) is 11.6 Å². The fraction of sp³-hybridized carbons (Fsp3) is 0.300. The summed E-state index contributed by atoms with van der Waals surface area (Å²) in [7, 11) is 2.04. The van der Waals surface area contributed by atoms with Gasteiger partial charge in [-0.15, -0.1) is 11.3 Å². The van der Waals surface area contributed by atoms with Crippen LogP contribution in [0.25, 0.3) is 10.2 Å². The van der Waals surface area contributed by atoms with Crippen LogP contribution < -0.4 is 10.2 Å². The zero-order valence-electron chi connectivity index (χ0n) is 15.1. The SMILES string of the molecule is Cc1ccc(NC(=O)C[NH+](C)[C@@H](C)c2nc3ccccc3s2)c(C)c1. The lowest BCUT2D eigenvalue weighted by atomic mass is 10.1. The molecule has 0 fully saturated rings. The van der Waals surface area contributed by atoms with Crippen molar-refractivity contribution in [3.63, 3.8) is 0 Å². The summed E-state index contributed by atoms with van der Waals surface area (Å²) in [6, 6.07) is 14.4. The van der Waals surface area contributed by atoms with Crippen LogP contribution in [0, 0.1) is 13.8 Å². The summed E-state index contributed by atoms with van der Waals surface area (Å²) in [6.07, 6.45) is 0. The summed E-state index contributed by atoms with van der Waals surface area (Å²) >= 11 is 1.71. The first-order valence-electron chi connectivity index (χ1n) is 8.49. The van der Waals surface area contributed by atoms with Crippen LogP contribution in [0.15, 0.2) is 42.5 Å². The van der Waals surface area contributed by atoms with Gasteiger partial charge in [0.25, 0.3) is 5.91 Å². The molecule has 0 aliphatic rings. The first-order valence-corrected chi connectivity index (χ1v) is 9.30. The second-order valence-corrected chi connectivity index (χ2v) is 7.69. The Bertz CT molecular complexity index is 870. The number of carbonyl (C=O) groups is 1. The second-order valence-electron chi connectivity index (χ2n) is 6.63. The lowest BCUT2D eigenvalue weighted by molar-refractivity contribution is -0.902. The van der Waals surface area contributed by atoms with Crippen molar-refractivity contribution in [2.75, 3.05) is 18.9 Å². The molecule has 25 heavy (non-hydrogen) atoms. The normalized spacial score (nSPS) is 13.6. The molecule has 0 spiro atoms. The number of anilines is 1. The molecule has 4 nitrogen and oxygen atoms in total. The Morgan fingerprint density at radius 3 is 2.72 bits per heavy atom. The van der Waals surface area contributed by atoms with Crippen LogP contribution >= 0.6 is 11.3 Å². The predicted octanol–water partition coefficient (Wildman–Crippen LogP) is 3.13. The van der Waals surface area contributed by atoms with Crippen LogP contribution in [0.5, 0.6) is 0 Å². The molecule has 0 bridgehead atoms. The Kier molecular flexibility index (Phi) is 5.16. The number of carbonyl (C=O) groups excluding carboxylic acids is 1. The van der Waals surface area contributed by atoms with Crippen molar-refractivity contribution in [1.82, 2.24) is 4.98 Å². The van der Waals surface area contributed by atoms with Crippen LogP contribution in [-0.2, 0) is 4.79 Å². The van der Waals surface area contributed by atoms with Crippen LogP contribution in [0.2, 0.25) is 0 Å². The summed E-state index contributed by atoms with van der Waals surface area (Å²) in [5.74, 6) is 0.0254. The first kappa shape index (κ1) is 17.6. The first-order chi connectivity index (χ1) is 11.9.